The molecule has 2 rings (SSSR count). The van der Waals surface area contributed by atoms with Crippen LogP contribution in [0.3, 0.4) is 0 Å². The van der Waals surface area contributed by atoms with Crippen LogP contribution in [0.2, 0.25) is 0 Å². The number of amidine groups is 1. The van der Waals surface area contributed by atoms with Crippen LogP contribution >= 0.6 is 15.9 Å². The van der Waals surface area contributed by atoms with Crippen molar-refractivity contribution in [2.24, 2.45) is 16.8 Å². The number of anilines is 1. The van der Waals surface area contributed by atoms with E-state index in [1.165, 1.54) is 0 Å². The van der Waals surface area contributed by atoms with E-state index in [9.17, 15) is 4.39 Å². The van der Waals surface area contributed by atoms with Crippen molar-refractivity contribution in [3.05, 3.63) is 28.0 Å². The van der Waals surface area contributed by atoms with Gasteiger partial charge in [0.05, 0.1) is 16.8 Å². The molecular formula is C13H17BrFN3O2. The topological polar surface area (TPSA) is 71.1 Å². The quantitative estimate of drug-likeness (QED) is 0.379. The van der Waals surface area contributed by atoms with Crippen LogP contribution in [-0.4, -0.2) is 37.8 Å². The van der Waals surface area contributed by atoms with Crippen molar-refractivity contribution in [1.29, 1.82) is 0 Å². The van der Waals surface area contributed by atoms with E-state index in [2.05, 4.69) is 21.1 Å². The Morgan fingerprint density at radius 1 is 1.65 bits per heavy atom. The SMILES string of the molecule is COCC1CCN(c2ccc(/C(N)=N/O)c(Br)c2F)C1. The molecule has 3 N–H and O–H groups in total. The third-order valence-electron chi connectivity index (χ3n) is 3.47. The third-order valence-corrected chi connectivity index (χ3v) is 4.25. The van der Waals surface area contributed by atoms with E-state index in [1.54, 1.807) is 19.2 Å². The predicted octanol–water partition coefficient (Wildman–Crippen LogP) is 2.16. The minimum absolute atomic E-state index is 0.124. The highest BCUT2D eigenvalue weighted by Gasteiger charge is 2.26. The van der Waals surface area contributed by atoms with Crippen molar-refractivity contribution in [3.8, 4) is 0 Å². The summed E-state index contributed by atoms with van der Waals surface area (Å²) in [6.45, 7) is 2.24. The van der Waals surface area contributed by atoms with Crippen molar-refractivity contribution in [2.45, 2.75) is 6.42 Å². The molecule has 1 atom stereocenters. The van der Waals surface area contributed by atoms with Crippen molar-refractivity contribution in [2.75, 3.05) is 31.7 Å². The van der Waals surface area contributed by atoms with Gasteiger partial charge in [0.2, 0.25) is 0 Å². The van der Waals surface area contributed by atoms with Gasteiger partial charge in [-0.3, -0.25) is 0 Å². The summed E-state index contributed by atoms with van der Waals surface area (Å²) in [6, 6.07) is 3.30. The Bertz CT molecular complexity index is 525. The molecule has 1 aromatic carbocycles. The molecule has 0 amide bonds. The van der Waals surface area contributed by atoms with Crippen LogP contribution in [0.4, 0.5) is 10.1 Å². The van der Waals surface area contributed by atoms with E-state index < -0.39 is 5.82 Å². The monoisotopic (exact) mass is 345 g/mol. The van der Waals surface area contributed by atoms with Gasteiger partial charge >= 0.3 is 0 Å². The lowest BCUT2D eigenvalue weighted by atomic mass is 10.1. The maximum absolute atomic E-state index is 14.4. The lowest BCUT2D eigenvalue weighted by Crippen LogP contribution is -2.23. The van der Waals surface area contributed by atoms with Crippen LogP contribution < -0.4 is 10.6 Å². The molecule has 1 aliphatic heterocycles. The smallest absolute Gasteiger partial charge is 0.171 e. The number of ether oxygens (including phenoxy) is 1. The maximum atomic E-state index is 14.4. The second kappa shape index (κ2) is 6.41. The van der Waals surface area contributed by atoms with E-state index >= 15 is 0 Å². The van der Waals surface area contributed by atoms with Gasteiger partial charge in [0.25, 0.3) is 0 Å². The van der Waals surface area contributed by atoms with Crippen molar-refractivity contribution < 1.29 is 14.3 Å². The molecule has 0 spiro atoms. The number of rotatable bonds is 4. The van der Waals surface area contributed by atoms with Crippen LogP contribution in [0.25, 0.3) is 0 Å². The average Bonchev–Trinajstić information content (AvgIpc) is 2.90. The molecule has 5 nitrogen and oxygen atoms in total. The molecule has 0 saturated carbocycles. The number of hydrogen-bond acceptors (Lipinski definition) is 4. The fraction of sp³-hybridized carbons (Fsp3) is 0.462. The molecule has 1 heterocycles. The van der Waals surface area contributed by atoms with Gasteiger partial charge in [-0.2, -0.15) is 0 Å². The standard InChI is InChI=1S/C13H17BrFN3O2/c1-20-7-8-4-5-18(6-8)10-3-2-9(13(16)17-19)11(14)12(10)15/h2-3,8,19H,4-7H2,1H3,(H2,16,17). The van der Waals surface area contributed by atoms with E-state index in [1.807, 2.05) is 4.90 Å². The fourth-order valence-electron chi connectivity index (χ4n) is 2.46. The van der Waals surface area contributed by atoms with E-state index in [4.69, 9.17) is 15.7 Å². The fourth-order valence-corrected chi connectivity index (χ4v) is 3.00. The summed E-state index contributed by atoms with van der Waals surface area (Å²) < 4.78 is 19.8. The number of hydrogen-bond donors (Lipinski definition) is 2. The molecule has 20 heavy (non-hydrogen) atoms. The van der Waals surface area contributed by atoms with E-state index in [-0.39, 0.29) is 10.3 Å². The van der Waals surface area contributed by atoms with Crippen LogP contribution in [0.5, 0.6) is 0 Å². The van der Waals surface area contributed by atoms with Gasteiger partial charge in [-0.1, -0.05) is 5.16 Å². The zero-order valence-corrected chi connectivity index (χ0v) is 12.7. The second-order valence-corrected chi connectivity index (χ2v) is 5.59. The summed E-state index contributed by atoms with van der Waals surface area (Å²) in [6.07, 6.45) is 0.979. The highest BCUT2D eigenvalue weighted by atomic mass is 79.9. The molecule has 7 heteroatoms. The normalized spacial score (nSPS) is 19.6. The summed E-state index contributed by atoms with van der Waals surface area (Å²) >= 11 is 3.17. The number of halogens is 2. The third kappa shape index (κ3) is 2.88. The number of methoxy groups -OCH3 is 1. The van der Waals surface area contributed by atoms with Gasteiger partial charge in [0.15, 0.2) is 11.7 Å². The van der Waals surface area contributed by atoms with Crippen LogP contribution in [-0.2, 0) is 4.74 Å². The Balaban J connectivity index is 2.25. The van der Waals surface area contributed by atoms with Gasteiger partial charge in [-0.05, 0) is 34.5 Å². The number of nitrogens with two attached hydrogens (primary N) is 1. The molecule has 110 valence electrons. The molecular weight excluding hydrogens is 329 g/mol. The molecule has 1 saturated heterocycles. The summed E-state index contributed by atoms with van der Waals surface area (Å²) in [5.74, 6) is -0.102. The van der Waals surface area contributed by atoms with Crippen molar-refractivity contribution in [1.82, 2.24) is 0 Å². The zero-order valence-electron chi connectivity index (χ0n) is 11.1. The minimum Gasteiger partial charge on any atom is -0.409 e. The number of benzene rings is 1. The summed E-state index contributed by atoms with van der Waals surface area (Å²) in [7, 11) is 1.67. The van der Waals surface area contributed by atoms with Crippen molar-refractivity contribution >= 4 is 27.5 Å². The van der Waals surface area contributed by atoms with Crippen LogP contribution in [0.15, 0.2) is 21.8 Å². The van der Waals surface area contributed by atoms with E-state index in [0.717, 1.165) is 19.5 Å². The number of nitrogens with zero attached hydrogens (tertiary/aromatic N) is 2. The molecule has 1 aliphatic rings. The Morgan fingerprint density at radius 3 is 3.05 bits per heavy atom. The van der Waals surface area contributed by atoms with Crippen LogP contribution in [0, 0.1) is 11.7 Å². The van der Waals surface area contributed by atoms with Gasteiger partial charge in [0, 0.05) is 31.7 Å². The molecule has 0 bridgehead atoms. The zero-order chi connectivity index (χ0) is 14.7. The first-order valence-corrected chi connectivity index (χ1v) is 7.07. The van der Waals surface area contributed by atoms with Gasteiger partial charge in [0.1, 0.15) is 0 Å². The first-order chi connectivity index (χ1) is 9.58. The lowest BCUT2D eigenvalue weighted by molar-refractivity contribution is 0.161. The van der Waals surface area contributed by atoms with Gasteiger partial charge < -0.3 is 20.6 Å². The highest BCUT2D eigenvalue weighted by molar-refractivity contribution is 9.10. The first-order valence-electron chi connectivity index (χ1n) is 6.28. The molecule has 0 radical (unpaired) electrons. The highest BCUT2D eigenvalue weighted by Crippen LogP contribution is 2.32. The average molecular weight is 346 g/mol. The Labute approximate surface area is 125 Å². The lowest BCUT2D eigenvalue weighted by Gasteiger charge is -2.20. The van der Waals surface area contributed by atoms with E-state index in [0.29, 0.717) is 23.8 Å². The molecule has 1 unspecified atom stereocenters. The maximum Gasteiger partial charge on any atom is 0.171 e. The summed E-state index contributed by atoms with van der Waals surface area (Å²) in [4.78, 5) is 1.99. The van der Waals surface area contributed by atoms with Crippen LogP contribution in [0.1, 0.15) is 12.0 Å². The van der Waals surface area contributed by atoms with Gasteiger partial charge in [-0.25, -0.2) is 4.39 Å². The Morgan fingerprint density at radius 2 is 2.40 bits per heavy atom. The predicted molar refractivity (Wildman–Crippen MR) is 78.8 cm³/mol. The Hall–Kier alpha value is -1.34. The first kappa shape index (κ1) is 15.1. The summed E-state index contributed by atoms with van der Waals surface area (Å²) in [5.41, 5.74) is 6.36. The molecule has 1 aromatic rings. The minimum atomic E-state index is -0.396. The summed E-state index contributed by atoms with van der Waals surface area (Å²) in [5, 5.41) is 11.6. The Kier molecular flexibility index (Phi) is 4.82. The molecule has 0 aliphatic carbocycles. The molecule has 1 fully saturated rings. The second-order valence-electron chi connectivity index (χ2n) is 4.80. The van der Waals surface area contributed by atoms with Crippen molar-refractivity contribution in [3.63, 3.8) is 0 Å². The largest absolute Gasteiger partial charge is 0.409 e. The van der Waals surface area contributed by atoms with Gasteiger partial charge in [-0.15, -0.1) is 0 Å². The molecule has 0 aromatic heterocycles. The number of oxime groups is 1.